The maximum absolute atomic E-state index is 13.2. The Morgan fingerprint density at radius 2 is 1.94 bits per heavy atom. The van der Waals surface area contributed by atoms with E-state index in [-0.39, 0.29) is 12.4 Å². The number of aromatic nitrogens is 1. The fraction of sp³-hybridized carbons (Fsp3) is 0.520. The number of carbonyl (C=O) groups is 1. The highest BCUT2D eigenvalue weighted by Crippen LogP contribution is 2.42. The number of fused-ring (bicyclic) bond motifs is 1. The lowest BCUT2D eigenvalue weighted by atomic mass is 9.94. The van der Waals surface area contributed by atoms with Crippen LogP contribution in [0.3, 0.4) is 0 Å². The van der Waals surface area contributed by atoms with Gasteiger partial charge in [0.2, 0.25) is 0 Å². The van der Waals surface area contributed by atoms with Crippen LogP contribution in [0.5, 0.6) is 0 Å². The van der Waals surface area contributed by atoms with E-state index >= 15 is 0 Å². The fourth-order valence-corrected chi connectivity index (χ4v) is 7.69. The molecule has 3 rings (SSSR count). The smallest absolute Gasteiger partial charge is 0.416 e. The van der Waals surface area contributed by atoms with Crippen molar-refractivity contribution in [3.05, 3.63) is 44.8 Å². The molecule has 0 aliphatic carbocycles. The number of unbranched alkanes of at least 4 members (excludes halogenated alkanes) is 1. The van der Waals surface area contributed by atoms with Crippen molar-refractivity contribution in [2.24, 2.45) is 0 Å². The molecular formula is C25H30F3NO2S3. The van der Waals surface area contributed by atoms with Gasteiger partial charge in [0.1, 0.15) is 4.34 Å². The Labute approximate surface area is 211 Å². The van der Waals surface area contributed by atoms with Crippen molar-refractivity contribution < 1.29 is 22.7 Å². The molecule has 1 atom stereocenters. The molecule has 0 radical (unpaired) electrons. The van der Waals surface area contributed by atoms with Gasteiger partial charge in [-0.25, -0.2) is 4.98 Å². The van der Waals surface area contributed by atoms with Crippen molar-refractivity contribution >= 4 is 50.5 Å². The number of rotatable bonds is 11. The van der Waals surface area contributed by atoms with Crippen molar-refractivity contribution in [1.29, 1.82) is 0 Å². The SMILES string of the molecule is CCCC[C@@H](CCSc1nc(C)c(CC(=O)OCC)s1)c1sc2cc(C(F)(F)F)ccc2c1C. The van der Waals surface area contributed by atoms with E-state index in [0.29, 0.717) is 17.2 Å². The van der Waals surface area contributed by atoms with Gasteiger partial charge in [0.15, 0.2) is 0 Å². The number of esters is 1. The van der Waals surface area contributed by atoms with Crippen molar-refractivity contribution in [2.75, 3.05) is 12.4 Å². The highest BCUT2D eigenvalue weighted by Gasteiger charge is 2.31. The molecule has 3 aromatic rings. The normalized spacial score (nSPS) is 12.9. The van der Waals surface area contributed by atoms with Gasteiger partial charge in [-0.3, -0.25) is 4.79 Å². The Balaban J connectivity index is 1.73. The fourth-order valence-electron chi connectivity index (χ4n) is 3.93. The summed E-state index contributed by atoms with van der Waals surface area (Å²) in [5.41, 5.74) is 1.37. The molecule has 9 heteroatoms. The summed E-state index contributed by atoms with van der Waals surface area (Å²) >= 11 is 4.72. The maximum atomic E-state index is 13.2. The number of halogens is 3. The Morgan fingerprint density at radius 1 is 1.18 bits per heavy atom. The van der Waals surface area contributed by atoms with E-state index in [1.165, 1.54) is 39.7 Å². The molecular weight excluding hydrogens is 499 g/mol. The van der Waals surface area contributed by atoms with Crippen LogP contribution >= 0.6 is 34.4 Å². The highest BCUT2D eigenvalue weighted by molar-refractivity contribution is 8.01. The molecule has 0 aliphatic rings. The summed E-state index contributed by atoms with van der Waals surface area (Å²) < 4.78 is 46.2. The van der Waals surface area contributed by atoms with Crippen molar-refractivity contribution in [3.63, 3.8) is 0 Å². The van der Waals surface area contributed by atoms with Crippen LogP contribution in [0.1, 0.15) is 72.0 Å². The summed E-state index contributed by atoms with van der Waals surface area (Å²) in [6, 6.07) is 4.08. The minimum atomic E-state index is -4.33. The van der Waals surface area contributed by atoms with E-state index in [1.807, 2.05) is 13.8 Å². The van der Waals surface area contributed by atoms with E-state index in [1.54, 1.807) is 24.8 Å². The summed E-state index contributed by atoms with van der Waals surface area (Å²) in [4.78, 5) is 18.5. The molecule has 3 nitrogen and oxygen atoms in total. The first kappa shape index (κ1) is 27.0. The van der Waals surface area contributed by atoms with E-state index in [0.717, 1.165) is 57.3 Å². The summed E-state index contributed by atoms with van der Waals surface area (Å²) in [5, 5.41) is 0.918. The molecule has 2 aromatic heterocycles. The third kappa shape index (κ3) is 6.76. The average Bonchev–Trinajstić information content (AvgIpc) is 3.29. The standard InChI is InChI=1S/C25H30F3NO2S3/c1-5-7-8-17(11-12-32-24-29-16(4)20(34-24)14-22(30)31-6-2)23-15(3)19-10-9-18(25(26,27)28)13-21(19)33-23/h9-10,13,17H,5-8,11-12,14H2,1-4H3/t17-/m0/s1. The number of carbonyl (C=O) groups excluding carboxylic acids is 1. The molecule has 0 unspecified atom stereocenters. The first-order valence-corrected chi connectivity index (χ1v) is 14.1. The predicted octanol–water partition coefficient (Wildman–Crippen LogP) is 8.56. The van der Waals surface area contributed by atoms with E-state index in [9.17, 15) is 18.0 Å². The van der Waals surface area contributed by atoms with E-state index < -0.39 is 11.7 Å². The molecule has 1 aromatic carbocycles. The molecule has 0 spiro atoms. The lowest BCUT2D eigenvalue weighted by molar-refractivity contribution is -0.142. The molecule has 0 saturated heterocycles. The zero-order valence-electron chi connectivity index (χ0n) is 19.9. The quantitative estimate of drug-likeness (QED) is 0.184. The average molecular weight is 530 g/mol. The first-order valence-electron chi connectivity index (χ1n) is 11.5. The Hall–Kier alpha value is -1.58. The van der Waals surface area contributed by atoms with Gasteiger partial charge in [-0.05, 0) is 62.6 Å². The second-order valence-corrected chi connectivity index (χ2v) is 11.8. The summed E-state index contributed by atoms with van der Waals surface area (Å²) in [6.45, 7) is 8.25. The second kappa shape index (κ2) is 11.9. The number of thiazole rings is 1. The van der Waals surface area contributed by atoms with Gasteiger partial charge in [-0.2, -0.15) is 13.2 Å². The van der Waals surface area contributed by atoms with Crippen LogP contribution in [-0.4, -0.2) is 23.3 Å². The van der Waals surface area contributed by atoms with Gasteiger partial charge in [0.05, 0.1) is 24.3 Å². The predicted molar refractivity (Wildman–Crippen MR) is 136 cm³/mol. The van der Waals surface area contributed by atoms with Crippen LogP contribution in [0.4, 0.5) is 13.2 Å². The van der Waals surface area contributed by atoms with E-state index in [4.69, 9.17) is 4.74 Å². The Bertz CT molecular complexity index is 1120. The second-order valence-electron chi connectivity index (χ2n) is 8.25. The molecule has 186 valence electrons. The number of aryl methyl sites for hydroxylation is 2. The van der Waals surface area contributed by atoms with Gasteiger partial charge in [-0.15, -0.1) is 22.7 Å². The minimum absolute atomic E-state index is 0.237. The summed E-state index contributed by atoms with van der Waals surface area (Å²) in [7, 11) is 0. The number of ether oxygens (including phenoxy) is 1. The van der Waals surface area contributed by atoms with Crippen LogP contribution in [-0.2, 0) is 22.1 Å². The topological polar surface area (TPSA) is 39.2 Å². The van der Waals surface area contributed by atoms with Gasteiger partial charge in [0.25, 0.3) is 0 Å². The zero-order valence-corrected chi connectivity index (χ0v) is 22.3. The Morgan fingerprint density at radius 3 is 2.62 bits per heavy atom. The van der Waals surface area contributed by atoms with Crippen LogP contribution in [0.15, 0.2) is 22.5 Å². The molecule has 0 bridgehead atoms. The minimum Gasteiger partial charge on any atom is -0.466 e. The number of benzene rings is 1. The number of nitrogens with zero attached hydrogens (tertiary/aromatic N) is 1. The molecule has 0 fully saturated rings. The number of alkyl halides is 3. The third-order valence-corrected chi connectivity index (χ3v) is 9.51. The largest absolute Gasteiger partial charge is 0.466 e. The van der Waals surface area contributed by atoms with E-state index in [2.05, 4.69) is 11.9 Å². The molecule has 34 heavy (non-hydrogen) atoms. The monoisotopic (exact) mass is 529 g/mol. The molecule has 0 aliphatic heterocycles. The summed E-state index contributed by atoms with van der Waals surface area (Å²) in [6.07, 6.45) is 0.0180. The van der Waals surface area contributed by atoms with Gasteiger partial charge < -0.3 is 4.74 Å². The molecule has 0 N–H and O–H groups in total. The maximum Gasteiger partial charge on any atom is 0.416 e. The van der Waals surface area contributed by atoms with Crippen molar-refractivity contribution in [2.45, 2.75) is 76.2 Å². The van der Waals surface area contributed by atoms with Crippen molar-refractivity contribution in [3.8, 4) is 0 Å². The lowest BCUT2D eigenvalue weighted by Gasteiger charge is -2.16. The zero-order chi connectivity index (χ0) is 24.9. The van der Waals surface area contributed by atoms with Gasteiger partial charge in [-0.1, -0.05) is 37.6 Å². The Kier molecular flexibility index (Phi) is 9.46. The van der Waals surface area contributed by atoms with Gasteiger partial charge in [0, 0.05) is 20.2 Å². The number of hydrogen-bond donors (Lipinski definition) is 0. The lowest BCUT2D eigenvalue weighted by Crippen LogP contribution is -2.07. The molecule has 0 amide bonds. The highest BCUT2D eigenvalue weighted by atomic mass is 32.2. The first-order chi connectivity index (χ1) is 16.1. The third-order valence-electron chi connectivity index (χ3n) is 5.75. The number of thioether (sulfide) groups is 1. The van der Waals surface area contributed by atoms with Crippen LogP contribution in [0.25, 0.3) is 10.1 Å². The van der Waals surface area contributed by atoms with Crippen molar-refractivity contribution in [1.82, 2.24) is 4.98 Å². The molecule has 2 heterocycles. The van der Waals surface area contributed by atoms with Crippen LogP contribution in [0, 0.1) is 13.8 Å². The number of hydrogen-bond acceptors (Lipinski definition) is 6. The number of thiophene rings is 1. The molecule has 0 saturated carbocycles. The van der Waals surface area contributed by atoms with Crippen LogP contribution < -0.4 is 0 Å². The van der Waals surface area contributed by atoms with Gasteiger partial charge >= 0.3 is 12.1 Å². The summed E-state index contributed by atoms with van der Waals surface area (Å²) in [5.74, 6) is 0.931. The van der Waals surface area contributed by atoms with Crippen LogP contribution in [0.2, 0.25) is 0 Å².